The molecule has 3 rings (SSSR count). The molecule has 0 aromatic heterocycles. The van der Waals surface area contributed by atoms with Gasteiger partial charge in [0.15, 0.2) is 0 Å². The Bertz CT molecular complexity index is 689. The third-order valence-corrected chi connectivity index (χ3v) is 5.85. The second-order valence-electron chi connectivity index (χ2n) is 7.62. The van der Waals surface area contributed by atoms with Gasteiger partial charge in [-0.05, 0) is 36.0 Å². The van der Waals surface area contributed by atoms with Crippen LogP contribution in [-0.2, 0) is 6.18 Å². The molecule has 1 saturated carbocycles. The van der Waals surface area contributed by atoms with Crippen molar-refractivity contribution < 1.29 is 23.1 Å². The van der Waals surface area contributed by atoms with Gasteiger partial charge in [0.25, 0.3) is 5.91 Å². The summed E-state index contributed by atoms with van der Waals surface area (Å²) in [6.45, 7) is 4.91. The highest BCUT2D eigenvalue weighted by Crippen LogP contribution is 2.62. The van der Waals surface area contributed by atoms with Crippen molar-refractivity contribution in [1.82, 2.24) is 4.90 Å². The topological polar surface area (TPSA) is 40.5 Å². The van der Waals surface area contributed by atoms with E-state index in [4.69, 9.17) is 11.6 Å². The number of amides is 1. The van der Waals surface area contributed by atoms with Crippen LogP contribution in [0.4, 0.5) is 13.2 Å². The van der Waals surface area contributed by atoms with Crippen LogP contribution in [0.3, 0.4) is 0 Å². The summed E-state index contributed by atoms with van der Waals surface area (Å²) in [6, 6.07) is 2.78. The van der Waals surface area contributed by atoms with Crippen LogP contribution in [0.1, 0.15) is 36.2 Å². The molecule has 1 saturated heterocycles. The Morgan fingerprint density at radius 3 is 2.58 bits per heavy atom. The van der Waals surface area contributed by atoms with E-state index in [-0.39, 0.29) is 33.9 Å². The van der Waals surface area contributed by atoms with E-state index in [1.165, 1.54) is 4.90 Å². The van der Waals surface area contributed by atoms with Gasteiger partial charge in [-0.3, -0.25) is 4.79 Å². The molecule has 1 aromatic rings. The molecule has 0 bridgehead atoms. The van der Waals surface area contributed by atoms with Gasteiger partial charge in [-0.2, -0.15) is 13.2 Å². The van der Waals surface area contributed by atoms with E-state index >= 15 is 0 Å². The molecule has 2 atom stereocenters. The van der Waals surface area contributed by atoms with Gasteiger partial charge in [-0.15, -0.1) is 0 Å². The van der Waals surface area contributed by atoms with E-state index in [2.05, 4.69) is 13.8 Å². The van der Waals surface area contributed by atoms with Gasteiger partial charge in [0, 0.05) is 18.5 Å². The Balaban J connectivity index is 1.89. The SMILES string of the molecule is CC1(C)C[C@]2(CO)CN(C(=O)c3cc(C(F)(F)F)ccc3Cl)C[C@H]12. The van der Waals surface area contributed by atoms with Gasteiger partial charge in [-0.1, -0.05) is 25.4 Å². The maximum absolute atomic E-state index is 12.9. The van der Waals surface area contributed by atoms with Crippen LogP contribution in [0.2, 0.25) is 5.02 Å². The number of halogens is 4. The largest absolute Gasteiger partial charge is 0.416 e. The normalized spacial score (nSPS) is 28.5. The number of likely N-dealkylation sites (tertiary alicyclic amines) is 1. The lowest BCUT2D eigenvalue weighted by atomic mass is 9.48. The minimum Gasteiger partial charge on any atom is -0.396 e. The molecule has 1 aliphatic carbocycles. The molecular weight excluding hydrogens is 343 g/mol. The lowest BCUT2D eigenvalue weighted by molar-refractivity contribution is -0.137. The summed E-state index contributed by atoms with van der Waals surface area (Å²) in [5, 5.41) is 9.75. The van der Waals surface area contributed by atoms with Crippen molar-refractivity contribution in [2.24, 2.45) is 16.7 Å². The van der Waals surface area contributed by atoms with Crippen LogP contribution in [0, 0.1) is 16.7 Å². The summed E-state index contributed by atoms with van der Waals surface area (Å²) in [6.07, 6.45) is -3.74. The first kappa shape index (κ1) is 17.5. The average molecular weight is 362 g/mol. The Labute approximate surface area is 143 Å². The van der Waals surface area contributed by atoms with Crippen molar-refractivity contribution in [3.05, 3.63) is 34.3 Å². The van der Waals surface area contributed by atoms with Crippen molar-refractivity contribution >= 4 is 17.5 Å². The van der Waals surface area contributed by atoms with Crippen molar-refractivity contribution in [2.75, 3.05) is 19.7 Å². The number of alkyl halides is 3. The summed E-state index contributed by atoms with van der Waals surface area (Å²) in [5.41, 5.74) is -1.36. The van der Waals surface area contributed by atoms with E-state index in [0.29, 0.717) is 13.1 Å². The molecule has 1 N–H and O–H groups in total. The molecule has 1 amide bonds. The van der Waals surface area contributed by atoms with Crippen LogP contribution in [-0.4, -0.2) is 35.6 Å². The van der Waals surface area contributed by atoms with E-state index in [1.54, 1.807) is 0 Å². The van der Waals surface area contributed by atoms with Crippen LogP contribution in [0.25, 0.3) is 0 Å². The predicted molar refractivity (Wildman–Crippen MR) is 83.8 cm³/mol. The number of benzene rings is 1. The molecule has 24 heavy (non-hydrogen) atoms. The smallest absolute Gasteiger partial charge is 0.396 e. The zero-order chi connectivity index (χ0) is 17.9. The number of nitrogens with zero attached hydrogens (tertiary/aromatic N) is 1. The molecule has 1 aromatic carbocycles. The van der Waals surface area contributed by atoms with E-state index < -0.39 is 17.6 Å². The number of carbonyl (C=O) groups is 1. The number of fused-ring (bicyclic) bond motifs is 1. The van der Waals surface area contributed by atoms with Crippen LogP contribution in [0.5, 0.6) is 0 Å². The average Bonchev–Trinajstić information content (AvgIpc) is 2.81. The van der Waals surface area contributed by atoms with Crippen molar-refractivity contribution in [1.29, 1.82) is 0 Å². The molecule has 1 aliphatic heterocycles. The minimum atomic E-state index is -4.53. The highest BCUT2D eigenvalue weighted by atomic mass is 35.5. The molecule has 0 unspecified atom stereocenters. The van der Waals surface area contributed by atoms with Crippen molar-refractivity contribution in [3.63, 3.8) is 0 Å². The fourth-order valence-corrected chi connectivity index (χ4v) is 4.73. The monoisotopic (exact) mass is 361 g/mol. The first-order chi connectivity index (χ1) is 11.0. The maximum atomic E-state index is 12.9. The number of hydrogen-bond donors (Lipinski definition) is 1. The Hall–Kier alpha value is -1.27. The third kappa shape index (κ3) is 2.60. The molecule has 0 spiro atoms. The number of carbonyl (C=O) groups excluding carboxylic acids is 1. The number of aliphatic hydroxyl groups excluding tert-OH is 1. The van der Waals surface area contributed by atoms with Gasteiger partial charge >= 0.3 is 6.18 Å². The first-order valence-electron chi connectivity index (χ1n) is 7.77. The van der Waals surface area contributed by atoms with Gasteiger partial charge in [0.1, 0.15) is 0 Å². The van der Waals surface area contributed by atoms with E-state index in [1.807, 2.05) is 0 Å². The number of hydrogen-bond acceptors (Lipinski definition) is 2. The molecule has 1 heterocycles. The summed E-state index contributed by atoms with van der Waals surface area (Å²) < 4.78 is 38.7. The Morgan fingerprint density at radius 2 is 2.08 bits per heavy atom. The second-order valence-corrected chi connectivity index (χ2v) is 8.02. The van der Waals surface area contributed by atoms with Gasteiger partial charge in [0.05, 0.1) is 22.8 Å². The van der Waals surface area contributed by atoms with E-state index in [9.17, 15) is 23.1 Å². The fourth-order valence-electron chi connectivity index (χ4n) is 4.53. The summed E-state index contributed by atoms with van der Waals surface area (Å²) in [5.74, 6) is -0.368. The van der Waals surface area contributed by atoms with Crippen molar-refractivity contribution in [2.45, 2.75) is 26.4 Å². The van der Waals surface area contributed by atoms with Crippen LogP contribution in [0.15, 0.2) is 18.2 Å². The van der Waals surface area contributed by atoms with E-state index in [0.717, 1.165) is 24.6 Å². The molecule has 2 fully saturated rings. The maximum Gasteiger partial charge on any atom is 0.416 e. The zero-order valence-corrected chi connectivity index (χ0v) is 14.2. The Kier molecular flexibility index (Phi) is 3.92. The highest BCUT2D eigenvalue weighted by Gasteiger charge is 2.63. The van der Waals surface area contributed by atoms with Crippen LogP contribution >= 0.6 is 11.6 Å². The Morgan fingerprint density at radius 1 is 1.42 bits per heavy atom. The third-order valence-electron chi connectivity index (χ3n) is 5.53. The van der Waals surface area contributed by atoms with Crippen molar-refractivity contribution in [3.8, 4) is 0 Å². The van der Waals surface area contributed by atoms with Gasteiger partial charge in [-0.25, -0.2) is 0 Å². The molecular formula is C17H19ClF3NO2. The molecule has 0 radical (unpaired) electrons. The molecule has 7 heteroatoms. The number of rotatable bonds is 2. The zero-order valence-electron chi connectivity index (χ0n) is 13.5. The second kappa shape index (κ2) is 5.36. The molecule has 3 nitrogen and oxygen atoms in total. The van der Waals surface area contributed by atoms with Crippen LogP contribution < -0.4 is 0 Å². The summed E-state index contributed by atoms with van der Waals surface area (Å²) in [4.78, 5) is 14.3. The fraction of sp³-hybridized carbons (Fsp3) is 0.588. The summed E-state index contributed by atoms with van der Waals surface area (Å²) in [7, 11) is 0. The standard InChI is InChI=1S/C17H19ClF3NO2/c1-15(2)7-16(9-23)8-22(6-13(15)16)14(24)11-5-10(17(19,20)21)3-4-12(11)18/h3-5,13,23H,6-9H2,1-2H3/t13-,16-/m1/s1. The quantitative estimate of drug-likeness (QED) is 0.869. The first-order valence-corrected chi connectivity index (χ1v) is 8.15. The molecule has 2 aliphatic rings. The highest BCUT2D eigenvalue weighted by molar-refractivity contribution is 6.33. The molecule has 132 valence electrons. The minimum absolute atomic E-state index is 0.00422. The lowest BCUT2D eigenvalue weighted by Gasteiger charge is -2.55. The predicted octanol–water partition coefficient (Wildman–Crippen LogP) is 3.84. The van der Waals surface area contributed by atoms with Gasteiger partial charge in [0.2, 0.25) is 0 Å². The number of aliphatic hydroxyl groups is 1. The summed E-state index contributed by atoms with van der Waals surface area (Å²) >= 11 is 5.97. The van der Waals surface area contributed by atoms with Gasteiger partial charge < -0.3 is 10.0 Å². The lowest BCUT2D eigenvalue weighted by Crippen LogP contribution is -2.54.